The maximum atomic E-state index is 9.30. The molecule has 12 heteroatoms. The highest BCUT2D eigenvalue weighted by molar-refractivity contribution is 4.82. The van der Waals surface area contributed by atoms with Crippen LogP contribution in [-0.4, -0.2) is 211 Å². The molecule has 6 saturated heterocycles. The highest BCUT2D eigenvalue weighted by Crippen LogP contribution is 2.15. The van der Waals surface area contributed by atoms with Gasteiger partial charge in [-0.05, 0) is 141 Å². The summed E-state index contributed by atoms with van der Waals surface area (Å²) in [4.78, 5) is 13.8. The summed E-state index contributed by atoms with van der Waals surface area (Å²) in [6.07, 6.45) is 7.63. The van der Waals surface area contributed by atoms with E-state index in [0.717, 1.165) is 44.7 Å². The number of nitrogens with zero attached hydrogens (tertiary/aromatic N) is 6. The van der Waals surface area contributed by atoms with Crippen molar-refractivity contribution < 1.29 is 30.6 Å². The summed E-state index contributed by atoms with van der Waals surface area (Å²) in [7, 11) is 0. The van der Waals surface area contributed by atoms with Crippen molar-refractivity contribution in [3.8, 4) is 0 Å². The first-order valence-electron chi connectivity index (χ1n) is 22.7. The van der Waals surface area contributed by atoms with Crippen LogP contribution in [0.3, 0.4) is 0 Å². The molecule has 12 nitrogen and oxygen atoms in total. The zero-order valence-electron chi connectivity index (χ0n) is 38.4. The monoisotopic (exact) mass is 803 g/mol. The first-order valence-corrected chi connectivity index (χ1v) is 22.7. The Morgan fingerprint density at radius 3 is 0.714 bits per heavy atom. The number of aliphatic hydroxyl groups excluding tert-OH is 6. The Balaban J connectivity index is 0.000000337. The summed E-state index contributed by atoms with van der Waals surface area (Å²) >= 11 is 0. The Kier molecular flexibility index (Phi) is 27.6. The highest BCUT2D eigenvalue weighted by Gasteiger charge is 2.27. The molecule has 0 aliphatic carbocycles. The molecule has 6 N–H and O–H groups in total. The van der Waals surface area contributed by atoms with Gasteiger partial charge in [0.25, 0.3) is 0 Å². The molecule has 0 aromatic rings. The first-order chi connectivity index (χ1) is 26.2. The molecule has 6 fully saturated rings. The molecule has 6 aliphatic rings. The second kappa shape index (κ2) is 28.9. The predicted molar refractivity (Wildman–Crippen MR) is 233 cm³/mol. The fourth-order valence-electron chi connectivity index (χ4n) is 7.84. The molecule has 0 bridgehead atoms. The van der Waals surface area contributed by atoms with Crippen molar-refractivity contribution in [2.75, 3.05) is 78.5 Å². The van der Waals surface area contributed by atoms with Gasteiger partial charge in [0.15, 0.2) is 0 Å². The van der Waals surface area contributed by atoms with Crippen molar-refractivity contribution in [2.24, 2.45) is 0 Å². The molecule has 0 saturated carbocycles. The van der Waals surface area contributed by atoms with Gasteiger partial charge in [-0.25, -0.2) is 0 Å². The lowest BCUT2D eigenvalue weighted by Gasteiger charge is -2.38. The lowest BCUT2D eigenvalue weighted by Crippen LogP contribution is -2.53. The van der Waals surface area contributed by atoms with Crippen LogP contribution >= 0.6 is 0 Å². The molecule has 6 aliphatic heterocycles. The molecular weight excluding hydrogens is 709 g/mol. The maximum absolute atomic E-state index is 9.30. The minimum atomic E-state index is -0.346. The average molecular weight is 803 g/mol. The van der Waals surface area contributed by atoms with E-state index in [1.165, 1.54) is 58.3 Å². The van der Waals surface area contributed by atoms with Crippen LogP contribution in [-0.2, 0) is 0 Å². The molecule has 0 spiro atoms. The second-order valence-corrected chi connectivity index (χ2v) is 18.9. The van der Waals surface area contributed by atoms with E-state index in [9.17, 15) is 20.4 Å². The zero-order valence-corrected chi connectivity index (χ0v) is 38.4. The van der Waals surface area contributed by atoms with Crippen LogP contribution in [0.25, 0.3) is 0 Å². The van der Waals surface area contributed by atoms with Crippen LogP contribution in [0.1, 0.15) is 134 Å². The van der Waals surface area contributed by atoms with Crippen molar-refractivity contribution in [2.45, 2.75) is 207 Å². The Morgan fingerprint density at radius 2 is 0.536 bits per heavy atom. The summed E-state index contributed by atoms with van der Waals surface area (Å²) < 4.78 is 0. The lowest BCUT2D eigenvalue weighted by atomic mass is 10.0. The van der Waals surface area contributed by atoms with Gasteiger partial charge in [0, 0.05) is 101 Å². The van der Waals surface area contributed by atoms with E-state index in [-0.39, 0.29) is 36.6 Å². The number of hydrogen-bond donors (Lipinski definition) is 6. The van der Waals surface area contributed by atoms with Crippen LogP contribution in [0.5, 0.6) is 0 Å². The second-order valence-electron chi connectivity index (χ2n) is 18.9. The standard InChI is InChI=1S/2C8H17NO2.C8H17N.C7H15NO.C7H15N.C6H13NO/c2*1-6(2)9-4-7(10)3-8(11)5-9;1-8(2)9-6-4-3-5-7-9;1-6(2)8-4-3-7(9)5-8;1-7(2)8-5-3-4-6-8;1-5(2)7-3-6(8)4-7/h2*6-8,10-11H,3-5H2,1-2H3;8H,3-7H2,1-2H3;6-7,9H,3-5H2,1-2H3;7H,3-6H2,1-2H3;5-6,8H,3-4H2,1-2H3/t7-,8+;7-,8-;;7-;;/m.1.0../s1. The SMILES string of the molecule is CC(C)N1CC(O)C1.CC(C)N1CCCC1.CC(C)N1CCCCC1.CC(C)N1CC[C@H](O)C1.CC(C)N1C[C@H](O)C[C@@H](O)C1.CC(C)N1C[C@H](O)C[C@H](O)C1. The normalized spacial score (nSPS) is 28.8. The molecule has 0 aromatic heterocycles. The first kappa shape index (κ1) is 53.5. The quantitative estimate of drug-likeness (QED) is 0.234. The fourth-order valence-corrected chi connectivity index (χ4v) is 7.84. The van der Waals surface area contributed by atoms with E-state index in [1.807, 2.05) is 0 Å². The molecule has 0 radical (unpaired) electrons. The van der Waals surface area contributed by atoms with Crippen molar-refractivity contribution >= 4 is 0 Å². The Bertz CT molecular complexity index is 884. The van der Waals surface area contributed by atoms with Gasteiger partial charge < -0.3 is 40.4 Å². The van der Waals surface area contributed by atoms with Gasteiger partial charge in [-0.15, -0.1) is 0 Å². The Labute approximate surface area is 345 Å². The van der Waals surface area contributed by atoms with Gasteiger partial charge in [-0.2, -0.15) is 0 Å². The van der Waals surface area contributed by atoms with Gasteiger partial charge in [-0.3, -0.25) is 19.6 Å². The molecule has 0 amide bonds. The number of likely N-dealkylation sites (tertiary alicyclic amines) is 6. The fraction of sp³-hybridized carbons (Fsp3) is 1.00. The Hall–Kier alpha value is -0.480. The molecule has 56 heavy (non-hydrogen) atoms. The van der Waals surface area contributed by atoms with E-state index in [4.69, 9.17) is 10.2 Å². The molecule has 0 aromatic carbocycles. The summed E-state index contributed by atoms with van der Waals surface area (Å²) in [5, 5.41) is 55.1. The van der Waals surface area contributed by atoms with Gasteiger partial charge >= 0.3 is 0 Å². The van der Waals surface area contributed by atoms with E-state index in [2.05, 4.69) is 112 Å². The van der Waals surface area contributed by atoms with Gasteiger partial charge in [0.1, 0.15) is 0 Å². The van der Waals surface area contributed by atoms with E-state index in [0.29, 0.717) is 63.2 Å². The van der Waals surface area contributed by atoms with E-state index >= 15 is 0 Å². The van der Waals surface area contributed by atoms with Crippen molar-refractivity contribution in [1.29, 1.82) is 0 Å². The number of piperidine rings is 3. The average Bonchev–Trinajstić information content (AvgIpc) is 3.81. The third-order valence-electron chi connectivity index (χ3n) is 11.9. The lowest BCUT2D eigenvalue weighted by molar-refractivity contribution is -0.0196. The number of aliphatic hydroxyl groups is 6. The predicted octanol–water partition coefficient (Wildman–Crippen LogP) is 3.55. The molecular formula is C44H94N6O6. The molecule has 336 valence electrons. The third-order valence-corrected chi connectivity index (χ3v) is 11.9. The summed E-state index contributed by atoms with van der Waals surface area (Å²) in [5.74, 6) is 0. The van der Waals surface area contributed by atoms with Gasteiger partial charge in [0.05, 0.1) is 36.6 Å². The smallest absolute Gasteiger partial charge is 0.0794 e. The molecule has 0 unspecified atom stereocenters. The van der Waals surface area contributed by atoms with Crippen LogP contribution in [0.15, 0.2) is 0 Å². The molecule has 6 heterocycles. The summed E-state index contributed by atoms with van der Waals surface area (Å²) in [6, 6.07) is 3.59. The number of hydrogen-bond acceptors (Lipinski definition) is 12. The molecule has 5 atom stereocenters. The number of β-amino-alcohol motifs (C(OH)–C–C–N with tert-alkyl or cyclic N) is 6. The minimum Gasteiger partial charge on any atom is -0.392 e. The van der Waals surface area contributed by atoms with Crippen LogP contribution in [0, 0.1) is 0 Å². The summed E-state index contributed by atoms with van der Waals surface area (Å²) in [6.45, 7) is 37.8. The zero-order chi connectivity index (χ0) is 42.5. The van der Waals surface area contributed by atoms with Crippen molar-refractivity contribution in [3.63, 3.8) is 0 Å². The van der Waals surface area contributed by atoms with Crippen LogP contribution in [0.2, 0.25) is 0 Å². The van der Waals surface area contributed by atoms with Crippen LogP contribution in [0.4, 0.5) is 0 Å². The van der Waals surface area contributed by atoms with Crippen molar-refractivity contribution in [1.82, 2.24) is 29.4 Å². The number of rotatable bonds is 6. The third kappa shape index (κ3) is 23.3. The largest absolute Gasteiger partial charge is 0.392 e. The minimum absolute atomic E-state index is 0.0441. The highest BCUT2D eigenvalue weighted by atomic mass is 16.3. The van der Waals surface area contributed by atoms with E-state index in [1.54, 1.807) is 0 Å². The maximum Gasteiger partial charge on any atom is 0.0794 e. The molecule has 6 rings (SSSR count). The summed E-state index contributed by atoms with van der Waals surface area (Å²) in [5.41, 5.74) is 0. The van der Waals surface area contributed by atoms with E-state index < -0.39 is 0 Å². The van der Waals surface area contributed by atoms with Crippen molar-refractivity contribution in [3.05, 3.63) is 0 Å². The van der Waals surface area contributed by atoms with Gasteiger partial charge in [0.2, 0.25) is 0 Å². The van der Waals surface area contributed by atoms with Crippen LogP contribution < -0.4 is 0 Å². The topological polar surface area (TPSA) is 141 Å². The Morgan fingerprint density at radius 1 is 0.286 bits per heavy atom. The van der Waals surface area contributed by atoms with Gasteiger partial charge in [-0.1, -0.05) is 6.42 Å².